The van der Waals surface area contributed by atoms with Crippen LogP contribution < -0.4 is 10.5 Å². The van der Waals surface area contributed by atoms with Gasteiger partial charge in [-0.1, -0.05) is 27.7 Å². The van der Waals surface area contributed by atoms with E-state index >= 15 is 0 Å². The first-order valence-corrected chi connectivity index (χ1v) is 8.07. The second-order valence-electron chi connectivity index (χ2n) is 6.78. The summed E-state index contributed by atoms with van der Waals surface area (Å²) in [7, 11) is -3.36. The van der Waals surface area contributed by atoms with E-state index in [-0.39, 0.29) is 22.9 Å². The molecule has 0 spiro atoms. The lowest BCUT2D eigenvalue weighted by molar-refractivity contribution is -0.0599. The van der Waals surface area contributed by atoms with E-state index in [0.717, 1.165) is 12.8 Å². The van der Waals surface area contributed by atoms with Crippen LogP contribution in [-0.2, 0) is 10.2 Å². The molecule has 6 heteroatoms. The molecular formula is C12H25N3O2S. The summed E-state index contributed by atoms with van der Waals surface area (Å²) < 4.78 is 29.0. The van der Waals surface area contributed by atoms with Gasteiger partial charge in [-0.05, 0) is 23.7 Å². The third-order valence-electron chi connectivity index (χ3n) is 4.76. The predicted octanol–water partition coefficient (Wildman–Crippen LogP) is 0.679. The van der Waals surface area contributed by atoms with Gasteiger partial charge in [0.2, 0.25) is 0 Å². The van der Waals surface area contributed by atoms with Gasteiger partial charge in [0, 0.05) is 25.2 Å². The Balaban J connectivity index is 2.14. The minimum Gasteiger partial charge on any atom is -0.327 e. The molecule has 1 aliphatic heterocycles. The van der Waals surface area contributed by atoms with Gasteiger partial charge in [0.1, 0.15) is 0 Å². The first-order valence-electron chi connectivity index (χ1n) is 6.63. The van der Waals surface area contributed by atoms with Crippen LogP contribution >= 0.6 is 0 Å². The Morgan fingerprint density at radius 1 is 1.11 bits per heavy atom. The van der Waals surface area contributed by atoms with E-state index in [1.54, 1.807) is 4.31 Å². The second kappa shape index (κ2) is 4.16. The average molecular weight is 275 g/mol. The van der Waals surface area contributed by atoms with Crippen LogP contribution in [0.3, 0.4) is 0 Å². The maximum Gasteiger partial charge on any atom is 0.279 e. The van der Waals surface area contributed by atoms with Crippen molar-refractivity contribution in [3.05, 3.63) is 0 Å². The molecule has 2 rings (SSSR count). The lowest BCUT2D eigenvalue weighted by atomic mass is 9.49. The Hall–Kier alpha value is -0.170. The Labute approximate surface area is 110 Å². The summed E-state index contributed by atoms with van der Waals surface area (Å²) in [6, 6.07) is -0.0955. The van der Waals surface area contributed by atoms with Crippen LogP contribution in [0.25, 0.3) is 0 Å². The molecule has 5 nitrogen and oxygen atoms in total. The van der Waals surface area contributed by atoms with Crippen LogP contribution in [0, 0.1) is 10.8 Å². The lowest BCUT2D eigenvalue weighted by Gasteiger charge is -2.62. The number of rotatable bonds is 3. The smallest absolute Gasteiger partial charge is 0.279 e. The van der Waals surface area contributed by atoms with Crippen LogP contribution in [0.2, 0.25) is 0 Å². The van der Waals surface area contributed by atoms with Crippen LogP contribution in [0.5, 0.6) is 0 Å². The molecular weight excluding hydrogens is 250 g/mol. The molecule has 2 aliphatic rings. The minimum absolute atomic E-state index is 0.0104. The Morgan fingerprint density at radius 2 is 1.56 bits per heavy atom. The molecule has 0 aromatic rings. The molecule has 2 fully saturated rings. The number of nitrogens with two attached hydrogens (primary N) is 1. The molecule has 0 bridgehead atoms. The summed E-state index contributed by atoms with van der Waals surface area (Å²) in [6.45, 7) is 9.38. The van der Waals surface area contributed by atoms with Gasteiger partial charge >= 0.3 is 0 Å². The highest BCUT2D eigenvalue weighted by atomic mass is 32.2. The fourth-order valence-electron chi connectivity index (χ4n) is 3.64. The molecule has 1 saturated heterocycles. The van der Waals surface area contributed by atoms with E-state index in [9.17, 15) is 8.42 Å². The third-order valence-corrected chi connectivity index (χ3v) is 6.34. The van der Waals surface area contributed by atoms with Crippen molar-refractivity contribution in [1.82, 2.24) is 9.03 Å². The fourth-order valence-corrected chi connectivity index (χ4v) is 5.43. The summed E-state index contributed by atoms with van der Waals surface area (Å²) >= 11 is 0. The van der Waals surface area contributed by atoms with Crippen molar-refractivity contribution in [3.8, 4) is 0 Å². The molecule has 0 aromatic heterocycles. The highest BCUT2D eigenvalue weighted by molar-refractivity contribution is 7.87. The van der Waals surface area contributed by atoms with Gasteiger partial charge in [0.05, 0.1) is 0 Å². The van der Waals surface area contributed by atoms with Crippen LogP contribution in [-0.4, -0.2) is 37.9 Å². The molecule has 1 heterocycles. The van der Waals surface area contributed by atoms with E-state index in [4.69, 9.17) is 5.73 Å². The minimum atomic E-state index is -3.36. The summed E-state index contributed by atoms with van der Waals surface area (Å²) in [6.07, 6.45) is 1.91. The molecule has 0 unspecified atom stereocenters. The van der Waals surface area contributed by atoms with E-state index in [1.807, 2.05) is 27.7 Å². The van der Waals surface area contributed by atoms with Gasteiger partial charge in [0.15, 0.2) is 0 Å². The normalized spacial score (nSPS) is 35.4. The highest BCUT2D eigenvalue weighted by Gasteiger charge is 2.61. The quantitative estimate of drug-likeness (QED) is 0.795. The summed E-state index contributed by atoms with van der Waals surface area (Å²) in [5.41, 5.74) is 5.75. The zero-order chi connectivity index (χ0) is 13.8. The van der Waals surface area contributed by atoms with Crippen molar-refractivity contribution >= 4 is 10.2 Å². The maximum absolute atomic E-state index is 12.3. The maximum atomic E-state index is 12.3. The SMILES string of the molecule is CC1(C)C(N)C(C)(C)C1NS(=O)(=O)N1CCCC1. The van der Waals surface area contributed by atoms with Crippen LogP contribution in [0.1, 0.15) is 40.5 Å². The monoisotopic (exact) mass is 275 g/mol. The number of hydrogen-bond donors (Lipinski definition) is 2. The first-order chi connectivity index (χ1) is 8.10. The summed E-state index contributed by atoms with van der Waals surface area (Å²) in [5.74, 6) is 0. The van der Waals surface area contributed by atoms with Gasteiger partial charge in [0.25, 0.3) is 10.2 Å². The van der Waals surface area contributed by atoms with Crippen molar-refractivity contribution in [2.75, 3.05) is 13.1 Å². The van der Waals surface area contributed by atoms with Gasteiger partial charge in [-0.25, -0.2) is 0 Å². The van der Waals surface area contributed by atoms with E-state index in [2.05, 4.69) is 4.72 Å². The molecule has 0 radical (unpaired) electrons. The first kappa shape index (κ1) is 14.2. The van der Waals surface area contributed by atoms with Gasteiger partial charge < -0.3 is 5.73 Å². The fraction of sp³-hybridized carbons (Fsp3) is 1.00. The molecule has 0 amide bonds. The Morgan fingerprint density at radius 3 is 2.00 bits per heavy atom. The standard InChI is InChI=1S/C12H25N3O2S/c1-11(2)9(13)12(3,4)10(11)14-18(16,17)15-7-5-6-8-15/h9-10,14H,5-8,13H2,1-4H3. The largest absolute Gasteiger partial charge is 0.327 e. The van der Waals surface area contributed by atoms with Gasteiger partial charge in [-0.15, -0.1) is 0 Å². The van der Waals surface area contributed by atoms with Gasteiger partial charge in [-0.2, -0.15) is 17.4 Å². The molecule has 18 heavy (non-hydrogen) atoms. The molecule has 1 aliphatic carbocycles. The van der Waals surface area contributed by atoms with Crippen LogP contribution in [0.15, 0.2) is 0 Å². The zero-order valence-corrected chi connectivity index (χ0v) is 12.5. The van der Waals surface area contributed by atoms with E-state index < -0.39 is 10.2 Å². The molecule has 0 aromatic carbocycles. The average Bonchev–Trinajstić information content (AvgIpc) is 2.78. The molecule has 1 saturated carbocycles. The highest BCUT2D eigenvalue weighted by Crippen LogP contribution is 2.52. The number of nitrogens with one attached hydrogen (secondary N) is 1. The third kappa shape index (κ3) is 1.99. The Kier molecular flexibility index (Phi) is 3.29. The number of nitrogens with zero attached hydrogens (tertiary/aromatic N) is 1. The Bertz CT molecular complexity index is 409. The molecule has 3 N–H and O–H groups in total. The topological polar surface area (TPSA) is 75.4 Å². The summed E-state index contributed by atoms with van der Waals surface area (Å²) in [5, 5.41) is 0. The summed E-state index contributed by atoms with van der Waals surface area (Å²) in [4.78, 5) is 0. The lowest BCUT2D eigenvalue weighted by Crippen LogP contribution is -2.76. The molecule has 106 valence electrons. The number of hydrogen-bond acceptors (Lipinski definition) is 3. The second-order valence-corrected chi connectivity index (χ2v) is 8.48. The zero-order valence-electron chi connectivity index (χ0n) is 11.7. The van der Waals surface area contributed by atoms with E-state index in [0.29, 0.717) is 13.1 Å². The van der Waals surface area contributed by atoms with Crippen molar-refractivity contribution < 1.29 is 8.42 Å². The van der Waals surface area contributed by atoms with Crippen molar-refractivity contribution in [2.45, 2.75) is 52.6 Å². The molecule has 0 atom stereocenters. The van der Waals surface area contributed by atoms with Crippen molar-refractivity contribution in [1.29, 1.82) is 0 Å². The van der Waals surface area contributed by atoms with E-state index in [1.165, 1.54) is 0 Å². The van der Waals surface area contributed by atoms with Gasteiger partial charge in [-0.3, -0.25) is 0 Å². The van der Waals surface area contributed by atoms with Crippen LogP contribution in [0.4, 0.5) is 0 Å². The van der Waals surface area contributed by atoms with Crippen molar-refractivity contribution in [2.24, 2.45) is 16.6 Å². The predicted molar refractivity (Wildman–Crippen MR) is 72.2 cm³/mol. The van der Waals surface area contributed by atoms with Crippen molar-refractivity contribution in [3.63, 3.8) is 0 Å².